The summed E-state index contributed by atoms with van der Waals surface area (Å²) in [6.07, 6.45) is 4.37. The zero-order valence-electron chi connectivity index (χ0n) is 12.8. The molecule has 2 atom stereocenters. The summed E-state index contributed by atoms with van der Waals surface area (Å²) in [4.78, 5) is 10.3. The van der Waals surface area contributed by atoms with Crippen LogP contribution < -0.4 is 5.73 Å². The number of piperidine rings is 2. The molecule has 3 rings (SSSR count). The second-order valence-electron chi connectivity index (χ2n) is 6.40. The highest BCUT2D eigenvalue weighted by atomic mass is 32.2. The van der Waals surface area contributed by atoms with Crippen LogP contribution in [-0.4, -0.2) is 36.3 Å². The fraction of sp³-hybridized carbons (Fsp3) is 0.600. The number of nitro groups is 1. The monoisotopic (exact) mass is 339 g/mol. The quantitative estimate of drug-likeness (QED) is 0.666. The Hall–Kier alpha value is -1.51. The number of rotatable bonds is 4. The number of nitrogens with zero attached hydrogens (tertiary/aromatic N) is 2. The highest BCUT2D eigenvalue weighted by molar-refractivity contribution is 7.89. The van der Waals surface area contributed by atoms with Crippen LogP contribution in [0.25, 0.3) is 0 Å². The van der Waals surface area contributed by atoms with Crippen molar-refractivity contribution < 1.29 is 13.3 Å². The molecule has 0 radical (unpaired) electrons. The molecule has 8 heteroatoms. The first-order valence-electron chi connectivity index (χ1n) is 7.91. The van der Waals surface area contributed by atoms with Gasteiger partial charge in [-0.05, 0) is 50.3 Å². The Bertz CT molecular complexity index is 675. The van der Waals surface area contributed by atoms with Crippen LogP contribution in [0.4, 0.5) is 5.69 Å². The van der Waals surface area contributed by atoms with Crippen molar-refractivity contribution in [1.82, 2.24) is 4.31 Å². The lowest BCUT2D eigenvalue weighted by Crippen LogP contribution is -2.55. The summed E-state index contributed by atoms with van der Waals surface area (Å²) in [5.41, 5.74) is 5.68. The molecule has 126 valence electrons. The zero-order valence-corrected chi connectivity index (χ0v) is 13.6. The normalized spacial score (nSPS) is 28.5. The molecule has 0 aliphatic carbocycles. The van der Waals surface area contributed by atoms with Gasteiger partial charge in [-0.2, -0.15) is 4.31 Å². The second-order valence-corrected chi connectivity index (χ2v) is 8.24. The maximum atomic E-state index is 13.0. The zero-order chi connectivity index (χ0) is 16.6. The van der Waals surface area contributed by atoms with Crippen LogP contribution in [0.5, 0.6) is 0 Å². The maximum absolute atomic E-state index is 13.0. The molecule has 1 aromatic rings. The average Bonchev–Trinajstić information content (AvgIpc) is 2.53. The van der Waals surface area contributed by atoms with Gasteiger partial charge in [0.25, 0.3) is 5.69 Å². The molecule has 2 N–H and O–H groups in total. The Morgan fingerprint density at radius 2 is 1.74 bits per heavy atom. The molecular formula is C15H21N3O4S. The SMILES string of the molecule is NCC1CC2CCCC(C1)N2S(=O)(=O)c1ccc([N+](=O)[O-])cc1. The summed E-state index contributed by atoms with van der Waals surface area (Å²) in [6, 6.07) is 5.15. The molecule has 2 aliphatic rings. The molecule has 2 heterocycles. The van der Waals surface area contributed by atoms with Gasteiger partial charge in [0.1, 0.15) is 0 Å². The van der Waals surface area contributed by atoms with Crippen LogP contribution >= 0.6 is 0 Å². The molecule has 23 heavy (non-hydrogen) atoms. The maximum Gasteiger partial charge on any atom is 0.269 e. The Balaban J connectivity index is 1.91. The van der Waals surface area contributed by atoms with Gasteiger partial charge in [-0.25, -0.2) is 8.42 Å². The van der Waals surface area contributed by atoms with Gasteiger partial charge in [-0.15, -0.1) is 0 Å². The third-order valence-corrected chi connectivity index (χ3v) is 6.98. The minimum Gasteiger partial charge on any atom is -0.330 e. The van der Waals surface area contributed by atoms with E-state index in [9.17, 15) is 18.5 Å². The van der Waals surface area contributed by atoms with E-state index in [0.29, 0.717) is 12.5 Å². The van der Waals surface area contributed by atoms with E-state index in [1.165, 1.54) is 24.3 Å². The van der Waals surface area contributed by atoms with Gasteiger partial charge in [-0.1, -0.05) is 6.42 Å². The first-order chi connectivity index (χ1) is 10.9. The summed E-state index contributed by atoms with van der Waals surface area (Å²) in [5, 5.41) is 10.7. The van der Waals surface area contributed by atoms with E-state index in [1.807, 2.05) is 0 Å². The summed E-state index contributed by atoms with van der Waals surface area (Å²) >= 11 is 0. The summed E-state index contributed by atoms with van der Waals surface area (Å²) < 4.78 is 27.6. The largest absolute Gasteiger partial charge is 0.330 e. The fourth-order valence-corrected chi connectivity index (χ4v) is 5.79. The molecule has 0 saturated carbocycles. The van der Waals surface area contributed by atoms with Gasteiger partial charge in [-0.3, -0.25) is 10.1 Å². The molecule has 2 aliphatic heterocycles. The van der Waals surface area contributed by atoms with Crippen LogP contribution in [0.2, 0.25) is 0 Å². The van der Waals surface area contributed by atoms with Crippen LogP contribution in [0, 0.1) is 16.0 Å². The average molecular weight is 339 g/mol. The van der Waals surface area contributed by atoms with Gasteiger partial charge in [0.05, 0.1) is 9.82 Å². The Morgan fingerprint density at radius 3 is 2.22 bits per heavy atom. The van der Waals surface area contributed by atoms with E-state index >= 15 is 0 Å². The van der Waals surface area contributed by atoms with E-state index in [-0.39, 0.29) is 22.7 Å². The molecule has 2 unspecified atom stereocenters. The van der Waals surface area contributed by atoms with Gasteiger partial charge < -0.3 is 5.73 Å². The summed E-state index contributed by atoms with van der Waals surface area (Å²) in [5.74, 6) is 0.383. The first-order valence-corrected chi connectivity index (χ1v) is 9.35. The molecule has 2 fully saturated rings. The van der Waals surface area contributed by atoms with E-state index in [0.717, 1.165) is 32.1 Å². The number of non-ortho nitro benzene ring substituents is 1. The lowest BCUT2D eigenvalue weighted by atomic mass is 9.80. The molecular weight excluding hydrogens is 318 g/mol. The standard InChI is InChI=1S/C15H21N3O4S/c16-10-11-8-13-2-1-3-14(9-11)17(13)23(21,22)15-6-4-12(5-7-15)18(19)20/h4-7,11,13-14H,1-3,8-10,16H2. The molecule has 1 aromatic carbocycles. The van der Waals surface area contributed by atoms with Crippen molar-refractivity contribution in [2.45, 2.75) is 49.1 Å². The second kappa shape index (κ2) is 6.18. The Labute approximate surface area is 135 Å². The lowest BCUT2D eigenvalue weighted by Gasteiger charge is -2.47. The van der Waals surface area contributed by atoms with Crippen molar-refractivity contribution in [2.24, 2.45) is 11.7 Å². The van der Waals surface area contributed by atoms with Crippen molar-refractivity contribution in [1.29, 1.82) is 0 Å². The van der Waals surface area contributed by atoms with E-state index < -0.39 is 14.9 Å². The molecule has 2 saturated heterocycles. The minimum absolute atomic E-state index is 0.00348. The van der Waals surface area contributed by atoms with E-state index in [2.05, 4.69) is 0 Å². The van der Waals surface area contributed by atoms with Crippen molar-refractivity contribution in [3.63, 3.8) is 0 Å². The lowest BCUT2D eigenvalue weighted by molar-refractivity contribution is -0.384. The fourth-order valence-electron chi connectivity index (χ4n) is 3.90. The smallest absolute Gasteiger partial charge is 0.269 e. The van der Waals surface area contributed by atoms with Gasteiger partial charge in [0.2, 0.25) is 10.0 Å². The summed E-state index contributed by atoms with van der Waals surface area (Å²) in [6.45, 7) is 0.596. The van der Waals surface area contributed by atoms with Gasteiger partial charge in [0, 0.05) is 24.2 Å². The van der Waals surface area contributed by atoms with Crippen LogP contribution in [0.3, 0.4) is 0 Å². The topological polar surface area (TPSA) is 107 Å². The van der Waals surface area contributed by atoms with Crippen molar-refractivity contribution in [3.8, 4) is 0 Å². The number of fused-ring (bicyclic) bond motifs is 2. The van der Waals surface area contributed by atoms with E-state index in [1.54, 1.807) is 4.31 Å². The third-order valence-electron chi connectivity index (χ3n) is 4.96. The van der Waals surface area contributed by atoms with Crippen molar-refractivity contribution in [2.75, 3.05) is 6.54 Å². The Kier molecular flexibility index (Phi) is 4.39. The first kappa shape index (κ1) is 16.4. The number of nitrogens with two attached hydrogens (primary N) is 1. The summed E-state index contributed by atoms with van der Waals surface area (Å²) in [7, 11) is -3.63. The minimum atomic E-state index is -3.63. The molecule has 0 aromatic heterocycles. The van der Waals surface area contributed by atoms with Crippen LogP contribution in [-0.2, 0) is 10.0 Å². The highest BCUT2D eigenvalue weighted by Gasteiger charge is 2.44. The molecule has 0 spiro atoms. The predicted octanol–water partition coefficient (Wildman–Crippen LogP) is 1.88. The number of nitro benzene ring substituents is 1. The molecule has 2 bridgehead atoms. The highest BCUT2D eigenvalue weighted by Crippen LogP contribution is 2.40. The molecule has 7 nitrogen and oxygen atoms in total. The number of sulfonamides is 1. The molecule has 0 amide bonds. The van der Waals surface area contributed by atoms with Crippen LogP contribution in [0.15, 0.2) is 29.2 Å². The predicted molar refractivity (Wildman–Crippen MR) is 85.3 cm³/mol. The van der Waals surface area contributed by atoms with E-state index in [4.69, 9.17) is 5.73 Å². The van der Waals surface area contributed by atoms with Crippen LogP contribution in [0.1, 0.15) is 32.1 Å². The van der Waals surface area contributed by atoms with Gasteiger partial charge in [0.15, 0.2) is 0 Å². The van der Waals surface area contributed by atoms with Gasteiger partial charge >= 0.3 is 0 Å². The number of benzene rings is 1. The van der Waals surface area contributed by atoms with Crippen molar-refractivity contribution in [3.05, 3.63) is 34.4 Å². The third kappa shape index (κ3) is 2.98. The van der Waals surface area contributed by atoms with Crippen molar-refractivity contribution >= 4 is 15.7 Å². The Morgan fingerprint density at radius 1 is 1.17 bits per heavy atom. The number of hydrogen-bond acceptors (Lipinski definition) is 5. The number of hydrogen-bond donors (Lipinski definition) is 1.